The summed E-state index contributed by atoms with van der Waals surface area (Å²) in [5, 5.41) is 9.70. The quantitative estimate of drug-likeness (QED) is 0.786. The van der Waals surface area contributed by atoms with Crippen molar-refractivity contribution < 1.29 is 9.59 Å². The van der Waals surface area contributed by atoms with Crippen molar-refractivity contribution in [3.8, 4) is 0 Å². The van der Waals surface area contributed by atoms with Crippen LogP contribution in [0.4, 0.5) is 10.5 Å². The normalized spacial score (nSPS) is 19.9. The average Bonchev–Trinajstić information content (AvgIpc) is 3.21. The Bertz CT molecular complexity index is 702. The molecule has 2 aromatic rings. The van der Waals surface area contributed by atoms with Gasteiger partial charge in [0.2, 0.25) is 5.91 Å². The number of hydrogen-bond donors (Lipinski definition) is 2. The van der Waals surface area contributed by atoms with Crippen LogP contribution in [0.5, 0.6) is 0 Å². The molecule has 0 radical (unpaired) electrons. The van der Waals surface area contributed by atoms with Crippen molar-refractivity contribution >= 4 is 17.6 Å². The third-order valence-corrected chi connectivity index (χ3v) is 4.30. The van der Waals surface area contributed by atoms with Crippen molar-refractivity contribution in [1.82, 2.24) is 20.4 Å². The molecule has 0 bridgehead atoms. The van der Waals surface area contributed by atoms with Crippen LogP contribution in [0.3, 0.4) is 0 Å². The van der Waals surface area contributed by atoms with Crippen LogP contribution in [0.2, 0.25) is 0 Å². The fraction of sp³-hybridized carbons (Fsp3) is 0.389. The second kappa shape index (κ2) is 7.83. The second-order valence-corrected chi connectivity index (χ2v) is 6.20. The Labute approximate surface area is 147 Å². The topological polar surface area (TPSA) is 79.3 Å². The minimum absolute atomic E-state index is 0.0556. The van der Waals surface area contributed by atoms with Crippen molar-refractivity contribution in [1.29, 1.82) is 0 Å². The average molecular weight is 341 g/mol. The number of aromatic nitrogens is 2. The second-order valence-electron chi connectivity index (χ2n) is 6.20. The highest BCUT2D eigenvalue weighted by molar-refractivity contribution is 6.01. The predicted molar refractivity (Wildman–Crippen MR) is 95.2 cm³/mol. The Morgan fingerprint density at radius 2 is 2.08 bits per heavy atom. The van der Waals surface area contributed by atoms with E-state index in [1.807, 2.05) is 54.2 Å². The molecular formula is C18H23N5O2. The molecule has 1 saturated heterocycles. The lowest BCUT2D eigenvalue weighted by Crippen LogP contribution is -2.46. The van der Waals surface area contributed by atoms with E-state index in [-0.39, 0.29) is 18.0 Å². The van der Waals surface area contributed by atoms with E-state index >= 15 is 0 Å². The van der Waals surface area contributed by atoms with Gasteiger partial charge in [0.15, 0.2) is 0 Å². The molecule has 1 aliphatic heterocycles. The summed E-state index contributed by atoms with van der Waals surface area (Å²) in [6.07, 6.45) is 5.00. The Morgan fingerprint density at radius 3 is 2.80 bits per heavy atom. The molecule has 2 N–H and O–H groups in total. The van der Waals surface area contributed by atoms with Gasteiger partial charge in [0, 0.05) is 37.2 Å². The predicted octanol–water partition coefficient (Wildman–Crippen LogP) is 1.77. The van der Waals surface area contributed by atoms with E-state index in [0.717, 1.165) is 18.7 Å². The number of urea groups is 1. The van der Waals surface area contributed by atoms with E-state index in [1.54, 1.807) is 11.1 Å². The molecule has 0 aliphatic carbocycles. The molecule has 7 nitrogen and oxygen atoms in total. The first-order chi connectivity index (χ1) is 12.1. The molecular weight excluding hydrogens is 318 g/mol. The molecule has 0 unspecified atom stereocenters. The molecule has 7 heteroatoms. The molecule has 25 heavy (non-hydrogen) atoms. The highest BCUT2D eigenvalue weighted by atomic mass is 16.2. The molecule has 1 aromatic carbocycles. The minimum Gasteiger partial charge on any atom is -0.338 e. The summed E-state index contributed by atoms with van der Waals surface area (Å²) in [5.74, 6) is -0.0645. The first-order valence-corrected chi connectivity index (χ1v) is 8.55. The number of hydrogen-bond acceptors (Lipinski definition) is 3. The van der Waals surface area contributed by atoms with Crippen molar-refractivity contribution in [2.45, 2.75) is 38.4 Å². The van der Waals surface area contributed by atoms with Crippen molar-refractivity contribution in [3.63, 3.8) is 0 Å². The number of amides is 3. The van der Waals surface area contributed by atoms with Crippen LogP contribution in [0.25, 0.3) is 0 Å². The van der Waals surface area contributed by atoms with Gasteiger partial charge in [-0.1, -0.05) is 18.2 Å². The van der Waals surface area contributed by atoms with Gasteiger partial charge in [0.1, 0.15) is 6.04 Å². The number of carbonyl (C=O) groups is 2. The summed E-state index contributed by atoms with van der Waals surface area (Å²) >= 11 is 0. The van der Waals surface area contributed by atoms with Crippen LogP contribution in [0.1, 0.15) is 19.8 Å². The van der Waals surface area contributed by atoms with Crippen LogP contribution in [-0.4, -0.2) is 40.3 Å². The minimum atomic E-state index is -0.485. The van der Waals surface area contributed by atoms with Crippen molar-refractivity contribution in [2.24, 2.45) is 0 Å². The third-order valence-electron chi connectivity index (χ3n) is 4.30. The highest BCUT2D eigenvalue weighted by Gasteiger charge is 2.38. The molecule has 1 aliphatic rings. The Kier molecular flexibility index (Phi) is 5.33. The van der Waals surface area contributed by atoms with Gasteiger partial charge in [-0.05, 0) is 38.0 Å². The SMILES string of the molecule is C[C@@H]1C[C@@H](NC(=O)NCCCn2cccn2)C(=O)N1c1ccccc1. The number of nitrogens with zero attached hydrogens (tertiary/aromatic N) is 3. The van der Waals surface area contributed by atoms with Crippen molar-refractivity contribution in [3.05, 3.63) is 48.8 Å². The fourth-order valence-electron chi connectivity index (χ4n) is 3.11. The summed E-state index contributed by atoms with van der Waals surface area (Å²) < 4.78 is 1.82. The van der Waals surface area contributed by atoms with Crippen LogP contribution >= 0.6 is 0 Å². The van der Waals surface area contributed by atoms with E-state index in [9.17, 15) is 9.59 Å². The van der Waals surface area contributed by atoms with Crippen LogP contribution in [0.15, 0.2) is 48.8 Å². The highest BCUT2D eigenvalue weighted by Crippen LogP contribution is 2.26. The zero-order valence-electron chi connectivity index (χ0n) is 14.3. The third kappa shape index (κ3) is 4.17. The first-order valence-electron chi connectivity index (χ1n) is 8.55. The van der Waals surface area contributed by atoms with Crippen LogP contribution < -0.4 is 15.5 Å². The van der Waals surface area contributed by atoms with Gasteiger partial charge in [-0.3, -0.25) is 9.48 Å². The van der Waals surface area contributed by atoms with E-state index < -0.39 is 6.04 Å². The smallest absolute Gasteiger partial charge is 0.315 e. The standard InChI is InChI=1S/C18H23N5O2/c1-14-13-16(17(24)23(14)15-7-3-2-4-8-15)21-18(25)19-9-5-11-22-12-6-10-20-22/h2-4,6-8,10,12,14,16H,5,9,11,13H2,1H3,(H2,19,21,25)/t14-,16-/m1/s1. The van der Waals surface area contributed by atoms with Gasteiger partial charge in [-0.2, -0.15) is 5.10 Å². The molecule has 0 saturated carbocycles. The van der Waals surface area contributed by atoms with Crippen LogP contribution in [-0.2, 0) is 11.3 Å². The summed E-state index contributed by atoms with van der Waals surface area (Å²) in [6, 6.07) is 10.7. The maximum absolute atomic E-state index is 12.6. The summed E-state index contributed by atoms with van der Waals surface area (Å²) in [4.78, 5) is 26.4. The number of nitrogens with one attached hydrogen (secondary N) is 2. The lowest BCUT2D eigenvalue weighted by atomic mass is 10.2. The molecule has 132 valence electrons. The Hall–Kier alpha value is -2.83. The largest absolute Gasteiger partial charge is 0.338 e. The molecule has 0 spiro atoms. The maximum Gasteiger partial charge on any atom is 0.315 e. The fourth-order valence-corrected chi connectivity index (χ4v) is 3.11. The summed E-state index contributed by atoms with van der Waals surface area (Å²) in [7, 11) is 0. The lowest BCUT2D eigenvalue weighted by molar-refractivity contribution is -0.118. The number of anilines is 1. The van der Waals surface area contributed by atoms with Gasteiger partial charge >= 0.3 is 6.03 Å². The zero-order chi connectivity index (χ0) is 17.6. The Morgan fingerprint density at radius 1 is 1.28 bits per heavy atom. The van der Waals surface area contributed by atoms with E-state index in [2.05, 4.69) is 15.7 Å². The lowest BCUT2D eigenvalue weighted by Gasteiger charge is -2.21. The molecule has 3 amide bonds. The zero-order valence-corrected chi connectivity index (χ0v) is 14.3. The number of rotatable bonds is 6. The molecule has 2 atom stereocenters. The van der Waals surface area contributed by atoms with Crippen molar-refractivity contribution in [2.75, 3.05) is 11.4 Å². The number of benzene rings is 1. The van der Waals surface area contributed by atoms with E-state index in [1.165, 1.54) is 0 Å². The monoisotopic (exact) mass is 341 g/mol. The van der Waals surface area contributed by atoms with E-state index in [4.69, 9.17) is 0 Å². The first kappa shape index (κ1) is 17.0. The van der Waals surface area contributed by atoms with E-state index in [0.29, 0.717) is 13.0 Å². The summed E-state index contributed by atoms with van der Waals surface area (Å²) in [6.45, 7) is 3.27. The van der Waals surface area contributed by atoms with Crippen LogP contribution in [0, 0.1) is 0 Å². The molecule has 1 fully saturated rings. The Balaban J connectivity index is 1.46. The van der Waals surface area contributed by atoms with Gasteiger partial charge in [-0.25, -0.2) is 4.79 Å². The number of carbonyl (C=O) groups excluding carboxylic acids is 2. The number of aryl methyl sites for hydroxylation is 1. The molecule has 2 heterocycles. The van der Waals surface area contributed by atoms with Gasteiger partial charge in [0.25, 0.3) is 0 Å². The molecule has 3 rings (SSSR count). The van der Waals surface area contributed by atoms with Gasteiger partial charge in [-0.15, -0.1) is 0 Å². The number of para-hydroxylation sites is 1. The maximum atomic E-state index is 12.6. The molecule has 1 aromatic heterocycles. The van der Waals surface area contributed by atoms with Gasteiger partial charge < -0.3 is 15.5 Å². The van der Waals surface area contributed by atoms with Gasteiger partial charge in [0.05, 0.1) is 0 Å². The summed E-state index contributed by atoms with van der Waals surface area (Å²) in [5.41, 5.74) is 0.865.